The van der Waals surface area contributed by atoms with Gasteiger partial charge in [0, 0.05) is 5.56 Å². The van der Waals surface area contributed by atoms with E-state index in [1.54, 1.807) is 24.0 Å². The van der Waals surface area contributed by atoms with E-state index in [0.717, 1.165) is 11.3 Å². The van der Waals surface area contributed by atoms with Crippen LogP contribution < -0.4 is 10.5 Å². The van der Waals surface area contributed by atoms with Crippen molar-refractivity contribution >= 4 is 15.9 Å². The maximum atomic E-state index is 12.6. The summed E-state index contributed by atoms with van der Waals surface area (Å²) in [5, 5.41) is 12.1. The zero-order chi connectivity index (χ0) is 19.6. The molecule has 0 aliphatic carbocycles. The average Bonchev–Trinajstić information content (AvgIpc) is 3.15. The fourth-order valence-electron chi connectivity index (χ4n) is 2.64. The van der Waals surface area contributed by atoms with E-state index in [0.29, 0.717) is 5.56 Å². The van der Waals surface area contributed by atoms with Crippen LogP contribution >= 0.6 is 0 Å². The number of hydrogen-bond acceptors (Lipinski definition) is 5. The predicted molar refractivity (Wildman–Crippen MR) is 99.8 cm³/mol. The number of primary sulfonamides is 1. The van der Waals surface area contributed by atoms with Gasteiger partial charge in [0.1, 0.15) is 12.7 Å². The Morgan fingerprint density at radius 1 is 1.19 bits per heavy atom. The molecule has 0 fully saturated rings. The van der Waals surface area contributed by atoms with Crippen LogP contribution in [0.25, 0.3) is 5.69 Å². The highest BCUT2D eigenvalue weighted by atomic mass is 32.2. The van der Waals surface area contributed by atoms with Crippen LogP contribution in [0.4, 0.5) is 0 Å². The maximum absolute atomic E-state index is 12.6. The van der Waals surface area contributed by atoms with Gasteiger partial charge in [-0.25, -0.2) is 23.2 Å². The fraction of sp³-hybridized carbons (Fsp3) is 0.167. The summed E-state index contributed by atoms with van der Waals surface area (Å²) in [4.78, 5) is 16.4. The van der Waals surface area contributed by atoms with Gasteiger partial charge in [0.05, 0.1) is 16.6 Å². The van der Waals surface area contributed by atoms with Crippen molar-refractivity contribution in [3.8, 4) is 5.69 Å². The number of sulfonamides is 1. The largest absolute Gasteiger partial charge is 0.346 e. The average molecular weight is 385 g/mol. The first-order valence-corrected chi connectivity index (χ1v) is 9.69. The van der Waals surface area contributed by atoms with Crippen molar-refractivity contribution in [1.82, 2.24) is 20.1 Å². The highest BCUT2D eigenvalue weighted by Crippen LogP contribution is 2.18. The van der Waals surface area contributed by atoms with Gasteiger partial charge in [-0.1, -0.05) is 18.2 Å². The first-order chi connectivity index (χ1) is 12.8. The molecular weight excluding hydrogens is 366 g/mol. The molecule has 1 atom stereocenters. The molecule has 0 aliphatic rings. The lowest BCUT2D eigenvalue weighted by molar-refractivity contribution is 0.0939. The molecule has 1 heterocycles. The number of rotatable bonds is 5. The molecule has 0 spiro atoms. The minimum absolute atomic E-state index is 0.0944. The van der Waals surface area contributed by atoms with Crippen molar-refractivity contribution in [2.24, 2.45) is 5.14 Å². The molecule has 0 radical (unpaired) electrons. The minimum atomic E-state index is -3.88. The fourth-order valence-corrected chi connectivity index (χ4v) is 3.18. The Bertz CT molecular complexity index is 1060. The third kappa shape index (κ3) is 4.21. The highest BCUT2D eigenvalue weighted by Gasteiger charge is 2.17. The molecule has 1 amide bonds. The highest BCUT2D eigenvalue weighted by molar-refractivity contribution is 7.89. The summed E-state index contributed by atoms with van der Waals surface area (Å²) < 4.78 is 24.7. The number of aryl methyl sites for hydroxylation is 1. The zero-order valence-electron chi connectivity index (χ0n) is 14.8. The monoisotopic (exact) mass is 385 g/mol. The van der Waals surface area contributed by atoms with Gasteiger partial charge >= 0.3 is 0 Å². The number of carbonyl (C=O) groups is 1. The first-order valence-electron chi connectivity index (χ1n) is 8.15. The SMILES string of the molecule is Cc1ccc(S(N)(=O)=O)cc1C(=O)N[C@@H](C)c1ccc(-n2cncn2)cc1. The lowest BCUT2D eigenvalue weighted by atomic mass is 10.1. The van der Waals surface area contributed by atoms with Crippen molar-refractivity contribution in [2.75, 3.05) is 0 Å². The quantitative estimate of drug-likeness (QED) is 0.693. The van der Waals surface area contributed by atoms with E-state index in [1.807, 2.05) is 31.2 Å². The second-order valence-electron chi connectivity index (χ2n) is 6.15. The van der Waals surface area contributed by atoms with Gasteiger partial charge in [0.25, 0.3) is 5.91 Å². The van der Waals surface area contributed by atoms with E-state index in [-0.39, 0.29) is 22.4 Å². The summed E-state index contributed by atoms with van der Waals surface area (Å²) >= 11 is 0. The number of hydrogen-bond donors (Lipinski definition) is 2. The van der Waals surface area contributed by atoms with Crippen LogP contribution in [0.2, 0.25) is 0 Å². The van der Waals surface area contributed by atoms with Crippen molar-refractivity contribution in [1.29, 1.82) is 0 Å². The van der Waals surface area contributed by atoms with E-state index >= 15 is 0 Å². The van der Waals surface area contributed by atoms with Crippen LogP contribution in [0.1, 0.15) is 34.5 Å². The van der Waals surface area contributed by atoms with Crippen molar-refractivity contribution in [3.63, 3.8) is 0 Å². The van der Waals surface area contributed by atoms with Gasteiger partial charge < -0.3 is 5.32 Å². The van der Waals surface area contributed by atoms with Crippen LogP contribution in [0.5, 0.6) is 0 Å². The molecule has 9 heteroatoms. The Balaban J connectivity index is 1.78. The Hall–Kier alpha value is -3.04. The molecular formula is C18H19N5O3S. The first kappa shape index (κ1) is 18.7. The van der Waals surface area contributed by atoms with Crippen molar-refractivity contribution in [3.05, 3.63) is 71.8 Å². The Morgan fingerprint density at radius 2 is 1.89 bits per heavy atom. The zero-order valence-corrected chi connectivity index (χ0v) is 15.6. The van der Waals surface area contributed by atoms with Crippen LogP contribution in [0.15, 0.2) is 60.0 Å². The molecule has 140 valence electrons. The standard InChI is InChI=1S/C18H19N5O3S/c1-12-3-8-16(27(19,25)26)9-17(12)18(24)22-13(2)14-4-6-15(7-5-14)23-11-20-10-21-23/h3-11,13H,1-2H3,(H,22,24)(H2,19,25,26)/t13-/m0/s1. The van der Waals surface area contributed by atoms with Crippen molar-refractivity contribution < 1.29 is 13.2 Å². The molecule has 2 aromatic carbocycles. The maximum Gasteiger partial charge on any atom is 0.252 e. The van der Waals surface area contributed by atoms with Crippen LogP contribution in [0, 0.1) is 6.92 Å². The topological polar surface area (TPSA) is 120 Å². The smallest absolute Gasteiger partial charge is 0.252 e. The lowest BCUT2D eigenvalue weighted by Gasteiger charge is -2.16. The number of benzene rings is 2. The molecule has 0 saturated carbocycles. The molecule has 0 unspecified atom stereocenters. The second kappa shape index (κ2) is 7.29. The summed E-state index contributed by atoms with van der Waals surface area (Å²) in [7, 11) is -3.88. The number of carbonyl (C=O) groups excluding carboxylic acids is 1. The molecule has 3 rings (SSSR count). The molecule has 0 aliphatic heterocycles. The number of nitrogens with one attached hydrogen (secondary N) is 1. The van der Waals surface area contributed by atoms with Gasteiger partial charge in [-0.2, -0.15) is 5.10 Å². The Labute approximate surface area is 157 Å². The molecule has 0 saturated heterocycles. The van der Waals surface area contributed by atoms with Crippen LogP contribution in [-0.2, 0) is 10.0 Å². The van der Waals surface area contributed by atoms with Gasteiger partial charge in [0.2, 0.25) is 10.0 Å². The normalized spacial score (nSPS) is 12.6. The minimum Gasteiger partial charge on any atom is -0.346 e. The Morgan fingerprint density at radius 3 is 2.48 bits per heavy atom. The van der Waals surface area contributed by atoms with Crippen molar-refractivity contribution in [2.45, 2.75) is 24.8 Å². The predicted octanol–water partition coefficient (Wildman–Crippen LogP) is 1.71. The lowest BCUT2D eigenvalue weighted by Crippen LogP contribution is -2.27. The van der Waals surface area contributed by atoms with Gasteiger partial charge in [-0.05, 0) is 49.2 Å². The Kier molecular flexibility index (Phi) is 5.06. The third-order valence-corrected chi connectivity index (χ3v) is 5.12. The van der Waals surface area contributed by atoms with E-state index in [4.69, 9.17) is 5.14 Å². The van der Waals surface area contributed by atoms with Gasteiger partial charge in [-0.15, -0.1) is 0 Å². The summed E-state index contributed by atoms with van der Waals surface area (Å²) in [6.07, 6.45) is 3.05. The third-order valence-electron chi connectivity index (χ3n) is 4.21. The summed E-state index contributed by atoms with van der Waals surface area (Å²) in [5.74, 6) is -0.370. The summed E-state index contributed by atoms with van der Waals surface area (Å²) in [6, 6.07) is 11.5. The summed E-state index contributed by atoms with van der Waals surface area (Å²) in [6.45, 7) is 3.58. The van der Waals surface area contributed by atoms with E-state index < -0.39 is 10.0 Å². The van der Waals surface area contributed by atoms with Crippen LogP contribution in [-0.4, -0.2) is 29.1 Å². The molecule has 1 aromatic heterocycles. The van der Waals surface area contributed by atoms with E-state index in [2.05, 4.69) is 15.4 Å². The molecule has 0 bridgehead atoms. The number of amides is 1. The van der Waals surface area contributed by atoms with E-state index in [9.17, 15) is 13.2 Å². The van der Waals surface area contributed by atoms with E-state index in [1.165, 1.54) is 18.5 Å². The molecule has 8 nitrogen and oxygen atoms in total. The molecule has 27 heavy (non-hydrogen) atoms. The van der Waals surface area contributed by atoms with Gasteiger partial charge in [-0.3, -0.25) is 4.79 Å². The number of nitrogens with two attached hydrogens (primary N) is 1. The number of nitrogens with zero attached hydrogens (tertiary/aromatic N) is 3. The second-order valence-corrected chi connectivity index (χ2v) is 7.71. The summed E-state index contributed by atoms with van der Waals surface area (Å²) in [5.41, 5.74) is 2.68. The molecule has 3 aromatic rings. The van der Waals surface area contributed by atoms with Gasteiger partial charge in [0.15, 0.2) is 0 Å². The molecule has 3 N–H and O–H groups in total. The number of aromatic nitrogens is 3. The van der Waals surface area contributed by atoms with Crippen LogP contribution in [0.3, 0.4) is 0 Å².